The lowest BCUT2D eigenvalue weighted by atomic mass is 9.86. The minimum atomic E-state index is -0.293. The molecule has 0 amide bonds. The zero-order valence-electron chi connectivity index (χ0n) is 9.44. The number of fused-ring (bicyclic) bond motifs is 2. The molecule has 6 heteroatoms. The fourth-order valence-electron chi connectivity index (χ4n) is 2.94. The molecule has 1 aromatic rings. The van der Waals surface area contributed by atoms with Crippen LogP contribution in [-0.4, -0.2) is 11.9 Å². The molecule has 0 unspecified atom stereocenters. The second kappa shape index (κ2) is 4.92. The van der Waals surface area contributed by atoms with Gasteiger partial charge in [0.2, 0.25) is 0 Å². The Labute approximate surface area is 162 Å². The summed E-state index contributed by atoms with van der Waals surface area (Å²) in [6.07, 6.45) is 0.994. The molecule has 3 rings (SSSR count). The molecule has 2 bridgehead atoms. The van der Waals surface area contributed by atoms with E-state index in [2.05, 4.69) is 126 Å². The predicted molar refractivity (Wildman–Crippen MR) is 103 cm³/mol. The highest BCUT2D eigenvalue weighted by atomic mass is 79.9. The van der Waals surface area contributed by atoms with Crippen LogP contribution < -0.4 is 0 Å². The molecule has 0 nitrogen and oxygen atoms in total. The van der Waals surface area contributed by atoms with Gasteiger partial charge in [0.25, 0.3) is 0 Å². The maximum Gasteiger partial charge on any atom is 0.121 e. The van der Waals surface area contributed by atoms with E-state index in [1.165, 1.54) is 5.56 Å². The third kappa shape index (κ3) is 1.82. The normalized spacial score (nSPS) is 40.0. The second-order valence-electron chi connectivity index (χ2n) is 4.88. The number of benzene rings is 1. The molecule has 0 aliphatic heterocycles. The van der Waals surface area contributed by atoms with Gasteiger partial charge in [0.05, 0.1) is 8.65 Å². The molecular weight excluding hydrogens is 636 g/mol. The van der Waals surface area contributed by atoms with Crippen LogP contribution in [0.15, 0.2) is 39.3 Å². The number of rotatable bonds is 1. The Morgan fingerprint density at radius 3 is 1.95 bits per heavy atom. The molecule has 0 saturated heterocycles. The van der Waals surface area contributed by atoms with E-state index in [9.17, 15) is 0 Å². The molecule has 1 aromatic carbocycles. The lowest BCUT2D eigenvalue weighted by Gasteiger charge is -2.35. The fourth-order valence-corrected chi connectivity index (χ4v) is 9.96. The molecule has 3 atom stereocenters. The van der Waals surface area contributed by atoms with Crippen LogP contribution in [0, 0.1) is 0 Å². The summed E-state index contributed by atoms with van der Waals surface area (Å²) >= 11 is 23.2. The van der Waals surface area contributed by atoms with Crippen molar-refractivity contribution in [2.75, 3.05) is 0 Å². The average molecular weight is 644 g/mol. The first kappa shape index (κ1) is 15.7. The van der Waals surface area contributed by atoms with E-state index < -0.39 is 0 Å². The van der Waals surface area contributed by atoms with Crippen molar-refractivity contribution in [2.24, 2.45) is 0 Å². The lowest BCUT2D eigenvalue weighted by Crippen LogP contribution is -2.42. The Bertz CT molecular complexity index is 566. The minimum Gasteiger partial charge on any atom is -0.0769 e. The highest BCUT2D eigenvalue weighted by Crippen LogP contribution is 2.79. The first-order valence-corrected chi connectivity index (χ1v) is 10.4. The van der Waals surface area contributed by atoms with Crippen molar-refractivity contribution in [2.45, 2.75) is 24.2 Å². The van der Waals surface area contributed by atoms with E-state index in [0.29, 0.717) is 5.92 Å². The van der Waals surface area contributed by atoms with Crippen LogP contribution in [0.1, 0.15) is 17.9 Å². The molecule has 19 heavy (non-hydrogen) atoms. The summed E-state index contributed by atoms with van der Waals surface area (Å²) < 4.78 is 1.59. The number of hydrogen-bond donors (Lipinski definition) is 0. The summed E-state index contributed by atoms with van der Waals surface area (Å²) in [5.41, 5.74) is 1.33. The minimum absolute atomic E-state index is 0.178. The van der Waals surface area contributed by atoms with Crippen LogP contribution in [0.3, 0.4) is 0 Å². The van der Waals surface area contributed by atoms with Gasteiger partial charge in [0, 0.05) is 14.9 Å². The summed E-state index contributed by atoms with van der Waals surface area (Å²) in [4.78, 5) is 0. The van der Waals surface area contributed by atoms with Crippen LogP contribution in [0.5, 0.6) is 0 Å². The highest BCUT2D eigenvalue weighted by molar-refractivity contribution is 9.27. The fraction of sp³-hybridized carbons (Fsp3) is 0.385. The van der Waals surface area contributed by atoms with Gasteiger partial charge in [0.15, 0.2) is 0 Å². The van der Waals surface area contributed by atoms with Crippen LogP contribution in [0.25, 0.3) is 0 Å². The van der Waals surface area contributed by atoms with E-state index in [1.54, 1.807) is 0 Å². The Balaban J connectivity index is 2.20. The maximum atomic E-state index is 3.99. The van der Waals surface area contributed by atoms with Crippen molar-refractivity contribution < 1.29 is 0 Å². The van der Waals surface area contributed by atoms with Crippen molar-refractivity contribution in [3.8, 4) is 0 Å². The van der Waals surface area contributed by atoms with E-state index in [0.717, 1.165) is 15.4 Å². The quantitative estimate of drug-likeness (QED) is 0.291. The van der Waals surface area contributed by atoms with Gasteiger partial charge in [-0.2, -0.15) is 0 Å². The molecule has 2 aliphatic rings. The smallest absolute Gasteiger partial charge is 0.0769 e. The molecular formula is C13H8Br6. The van der Waals surface area contributed by atoms with Gasteiger partial charge in [-0.3, -0.25) is 0 Å². The van der Waals surface area contributed by atoms with E-state index in [-0.39, 0.29) is 11.9 Å². The van der Waals surface area contributed by atoms with Gasteiger partial charge < -0.3 is 0 Å². The van der Waals surface area contributed by atoms with Gasteiger partial charge in [-0.15, -0.1) is 0 Å². The summed E-state index contributed by atoms with van der Waals surface area (Å²) in [6.45, 7) is 0. The zero-order chi connectivity index (χ0) is 14.1. The zero-order valence-corrected chi connectivity index (χ0v) is 19.0. The number of hydrogen-bond acceptors (Lipinski definition) is 0. The Morgan fingerprint density at radius 1 is 0.895 bits per heavy atom. The third-order valence-electron chi connectivity index (χ3n) is 3.98. The first-order valence-electron chi connectivity index (χ1n) is 5.63. The SMILES string of the molecule is BrC1=C(Br)[C@@]2(Br)[C@@H](c3ccccc3)C[C@]1(Br)C2(Br)Br. The molecule has 0 heterocycles. The monoisotopic (exact) mass is 638 g/mol. The van der Waals surface area contributed by atoms with Crippen molar-refractivity contribution >= 4 is 95.6 Å². The molecule has 0 N–H and O–H groups in total. The standard InChI is InChI=1S/C13H8Br6/c14-9-10(15)12(17)8(7-4-2-1-3-5-7)6-11(9,16)13(12,18)19/h1-5,8H,6H2/t8-,11-,12+/m1/s1. The van der Waals surface area contributed by atoms with E-state index >= 15 is 0 Å². The molecule has 0 aromatic heterocycles. The second-order valence-corrected chi connectivity index (χ2v) is 12.5. The summed E-state index contributed by atoms with van der Waals surface area (Å²) in [6, 6.07) is 10.6. The molecule has 0 radical (unpaired) electrons. The predicted octanol–water partition coefficient (Wildman–Crippen LogP) is 6.94. The Hall–Kier alpha value is 1.84. The average Bonchev–Trinajstić information content (AvgIpc) is 2.62. The van der Waals surface area contributed by atoms with Crippen LogP contribution in [0.4, 0.5) is 0 Å². The number of allylic oxidation sites excluding steroid dienone is 2. The third-order valence-corrected chi connectivity index (χ3v) is 15.3. The van der Waals surface area contributed by atoms with Crippen molar-refractivity contribution in [3.05, 3.63) is 44.9 Å². The molecule has 1 saturated carbocycles. The topological polar surface area (TPSA) is 0 Å². The van der Waals surface area contributed by atoms with Gasteiger partial charge in [-0.1, -0.05) is 126 Å². The van der Waals surface area contributed by atoms with Crippen molar-refractivity contribution in [3.63, 3.8) is 0 Å². The van der Waals surface area contributed by atoms with E-state index in [4.69, 9.17) is 0 Å². The Morgan fingerprint density at radius 2 is 1.47 bits per heavy atom. The largest absolute Gasteiger partial charge is 0.121 e. The van der Waals surface area contributed by atoms with Crippen LogP contribution in [-0.2, 0) is 0 Å². The summed E-state index contributed by atoms with van der Waals surface area (Å²) in [7, 11) is 0. The summed E-state index contributed by atoms with van der Waals surface area (Å²) in [5.74, 6) is 0.363. The van der Waals surface area contributed by atoms with Gasteiger partial charge >= 0.3 is 0 Å². The van der Waals surface area contributed by atoms with Crippen LogP contribution >= 0.6 is 95.6 Å². The van der Waals surface area contributed by atoms with E-state index in [1.807, 2.05) is 0 Å². The first-order chi connectivity index (χ1) is 8.77. The molecule has 2 aliphatic carbocycles. The highest BCUT2D eigenvalue weighted by Gasteiger charge is 2.76. The van der Waals surface area contributed by atoms with Gasteiger partial charge in [0.1, 0.15) is 3.23 Å². The summed E-state index contributed by atoms with van der Waals surface area (Å²) in [5, 5.41) is 0. The lowest BCUT2D eigenvalue weighted by molar-refractivity contribution is 0.631. The number of halogens is 6. The van der Waals surface area contributed by atoms with Gasteiger partial charge in [-0.25, -0.2) is 0 Å². The Kier molecular flexibility index (Phi) is 4.07. The molecule has 102 valence electrons. The van der Waals surface area contributed by atoms with Crippen molar-refractivity contribution in [1.82, 2.24) is 0 Å². The number of alkyl halides is 4. The van der Waals surface area contributed by atoms with Crippen molar-refractivity contribution in [1.29, 1.82) is 0 Å². The van der Waals surface area contributed by atoms with Crippen LogP contribution in [0.2, 0.25) is 0 Å². The molecule has 0 spiro atoms. The molecule has 1 fully saturated rings. The van der Waals surface area contributed by atoms with Gasteiger partial charge in [-0.05, 0) is 12.0 Å². The maximum absolute atomic E-state index is 3.99.